The number of carbonyl (C=O) groups excluding carboxylic acids is 1. The first kappa shape index (κ1) is 8.68. The van der Waals surface area contributed by atoms with E-state index in [4.69, 9.17) is 5.11 Å². The molecule has 56 valence electrons. The number of carboxylic acid groups (broad SMARTS) is 1. The molecule has 0 saturated heterocycles. The van der Waals surface area contributed by atoms with Crippen molar-refractivity contribution >= 4 is 11.9 Å². The monoisotopic (exact) mass is 143 g/mol. The summed E-state index contributed by atoms with van der Waals surface area (Å²) in [5.41, 5.74) is 0. The molecule has 0 aromatic heterocycles. The van der Waals surface area contributed by atoms with Crippen LogP contribution >= 0.6 is 0 Å². The van der Waals surface area contributed by atoms with Gasteiger partial charge in [0.05, 0.1) is 0 Å². The van der Waals surface area contributed by atoms with Crippen LogP contribution in [0.25, 0.3) is 0 Å². The zero-order valence-electron chi connectivity index (χ0n) is 5.63. The van der Waals surface area contributed by atoms with Crippen molar-refractivity contribution in [3.8, 4) is 0 Å². The molecule has 0 unspecified atom stereocenters. The van der Waals surface area contributed by atoms with Crippen LogP contribution in [0.3, 0.4) is 0 Å². The third-order valence-corrected chi connectivity index (χ3v) is 0.729. The minimum absolute atomic E-state index is 0.171. The number of hydrogen-bond acceptors (Lipinski definition) is 2. The molecule has 0 aliphatic heterocycles. The van der Waals surface area contributed by atoms with Crippen LogP contribution in [0.5, 0.6) is 0 Å². The van der Waals surface area contributed by atoms with Crippen molar-refractivity contribution in [3.63, 3.8) is 0 Å². The second kappa shape index (κ2) is 4.55. The summed E-state index contributed by atoms with van der Waals surface area (Å²) >= 11 is 0. The second-order valence-corrected chi connectivity index (χ2v) is 1.68. The minimum atomic E-state index is -1.01. The predicted octanol–water partition coefficient (Wildman–Crippen LogP) is -0.237. The van der Waals surface area contributed by atoms with Gasteiger partial charge in [-0.3, -0.25) is 4.79 Å². The van der Waals surface area contributed by atoms with Crippen molar-refractivity contribution in [2.45, 2.75) is 6.92 Å². The second-order valence-electron chi connectivity index (χ2n) is 1.68. The Bertz CT molecular complexity index is 162. The fourth-order valence-electron chi connectivity index (χ4n) is 0.362. The Morgan fingerprint density at radius 1 is 1.60 bits per heavy atom. The summed E-state index contributed by atoms with van der Waals surface area (Å²) < 4.78 is 0. The molecular weight excluding hydrogens is 134 g/mol. The van der Waals surface area contributed by atoms with E-state index >= 15 is 0 Å². The molecular formula is C6H9NO3. The fraction of sp³-hybridized carbons (Fsp3) is 0.333. The fourth-order valence-corrected chi connectivity index (χ4v) is 0.362. The van der Waals surface area contributed by atoms with Gasteiger partial charge < -0.3 is 10.4 Å². The molecule has 10 heavy (non-hydrogen) atoms. The maximum Gasteiger partial charge on any atom is 0.328 e. The van der Waals surface area contributed by atoms with Crippen LogP contribution in [-0.2, 0) is 9.59 Å². The van der Waals surface area contributed by atoms with Gasteiger partial charge in [-0.2, -0.15) is 0 Å². The van der Waals surface area contributed by atoms with E-state index in [1.807, 2.05) is 0 Å². The molecule has 0 bridgehead atoms. The molecule has 0 spiro atoms. The summed E-state index contributed by atoms with van der Waals surface area (Å²) in [5.74, 6) is -1.18. The number of nitrogens with one attached hydrogen (secondary N) is 1. The first-order chi connectivity index (χ1) is 4.63. The lowest BCUT2D eigenvalue weighted by Gasteiger charge is -1.92. The largest absolute Gasteiger partial charge is 0.478 e. The van der Waals surface area contributed by atoms with Crippen LogP contribution < -0.4 is 5.32 Å². The van der Waals surface area contributed by atoms with E-state index in [2.05, 4.69) is 5.32 Å². The van der Waals surface area contributed by atoms with Crippen LogP contribution in [-0.4, -0.2) is 23.5 Å². The molecule has 4 heteroatoms. The van der Waals surface area contributed by atoms with Crippen LogP contribution in [0.15, 0.2) is 12.2 Å². The number of carboxylic acids is 1. The maximum atomic E-state index is 10.2. The molecule has 0 radical (unpaired) electrons. The van der Waals surface area contributed by atoms with E-state index in [1.165, 1.54) is 13.0 Å². The molecule has 4 nitrogen and oxygen atoms in total. The molecule has 0 aliphatic carbocycles. The van der Waals surface area contributed by atoms with Crippen molar-refractivity contribution in [1.82, 2.24) is 5.32 Å². The molecule has 1 amide bonds. The third kappa shape index (κ3) is 6.68. The van der Waals surface area contributed by atoms with Gasteiger partial charge in [0.2, 0.25) is 5.91 Å². The van der Waals surface area contributed by atoms with Gasteiger partial charge in [0.25, 0.3) is 0 Å². The highest BCUT2D eigenvalue weighted by molar-refractivity contribution is 5.80. The van der Waals surface area contributed by atoms with E-state index in [9.17, 15) is 9.59 Å². The van der Waals surface area contributed by atoms with Crippen LogP contribution in [0.4, 0.5) is 0 Å². The predicted molar refractivity (Wildman–Crippen MR) is 35.5 cm³/mol. The highest BCUT2D eigenvalue weighted by Crippen LogP contribution is 1.70. The first-order valence-corrected chi connectivity index (χ1v) is 2.77. The van der Waals surface area contributed by atoms with Gasteiger partial charge in [0.15, 0.2) is 0 Å². The van der Waals surface area contributed by atoms with E-state index in [1.54, 1.807) is 0 Å². The molecule has 0 fully saturated rings. The van der Waals surface area contributed by atoms with Crippen molar-refractivity contribution in [3.05, 3.63) is 12.2 Å². The Hall–Kier alpha value is -1.32. The Morgan fingerprint density at radius 2 is 2.20 bits per heavy atom. The van der Waals surface area contributed by atoms with Crippen molar-refractivity contribution < 1.29 is 14.7 Å². The normalized spacial score (nSPS) is 9.70. The number of carbonyl (C=O) groups is 2. The molecule has 0 aliphatic rings. The average molecular weight is 143 g/mol. The van der Waals surface area contributed by atoms with Crippen LogP contribution in [0, 0.1) is 0 Å². The van der Waals surface area contributed by atoms with Gasteiger partial charge in [-0.25, -0.2) is 4.79 Å². The quantitative estimate of drug-likeness (QED) is 0.536. The summed E-state index contributed by atoms with van der Waals surface area (Å²) in [6, 6.07) is 0. The number of amides is 1. The van der Waals surface area contributed by atoms with E-state index in [-0.39, 0.29) is 12.5 Å². The lowest BCUT2D eigenvalue weighted by molar-refractivity contribution is -0.131. The lowest BCUT2D eigenvalue weighted by atomic mass is 10.5. The summed E-state index contributed by atoms with van der Waals surface area (Å²) in [6.45, 7) is 1.64. The zero-order chi connectivity index (χ0) is 7.98. The molecule has 0 aromatic rings. The molecule has 2 N–H and O–H groups in total. The summed E-state index contributed by atoms with van der Waals surface area (Å²) in [5, 5.41) is 10.5. The first-order valence-electron chi connectivity index (χ1n) is 2.77. The molecule has 0 saturated carbocycles. The maximum absolute atomic E-state index is 10.2. The highest BCUT2D eigenvalue weighted by atomic mass is 16.4. The molecule has 0 rings (SSSR count). The lowest BCUT2D eigenvalue weighted by Crippen LogP contribution is -2.19. The summed E-state index contributed by atoms with van der Waals surface area (Å²) in [6.07, 6.45) is 2.35. The summed E-state index contributed by atoms with van der Waals surface area (Å²) in [7, 11) is 0. The Kier molecular flexibility index (Phi) is 3.95. The number of rotatable bonds is 3. The van der Waals surface area contributed by atoms with Gasteiger partial charge in [0.1, 0.15) is 0 Å². The van der Waals surface area contributed by atoms with Crippen LogP contribution in [0.1, 0.15) is 6.92 Å². The molecule has 0 heterocycles. The van der Waals surface area contributed by atoms with E-state index in [0.29, 0.717) is 0 Å². The zero-order valence-corrected chi connectivity index (χ0v) is 5.63. The Balaban J connectivity index is 3.36. The number of aliphatic carboxylic acids is 1. The highest BCUT2D eigenvalue weighted by Gasteiger charge is 1.86. The van der Waals surface area contributed by atoms with Crippen LogP contribution in [0.2, 0.25) is 0 Å². The summed E-state index contributed by atoms with van der Waals surface area (Å²) in [4.78, 5) is 20.0. The molecule has 0 aromatic carbocycles. The van der Waals surface area contributed by atoms with Crippen molar-refractivity contribution in [1.29, 1.82) is 0 Å². The van der Waals surface area contributed by atoms with Gasteiger partial charge in [-0.15, -0.1) is 0 Å². The van der Waals surface area contributed by atoms with Gasteiger partial charge in [0, 0.05) is 19.5 Å². The third-order valence-electron chi connectivity index (χ3n) is 0.729. The number of hydrogen-bond donors (Lipinski definition) is 2. The average Bonchev–Trinajstić information content (AvgIpc) is 1.79. The van der Waals surface area contributed by atoms with E-state index in [0.717, 1.165) is 6.08 Å². The smallest absolute Gasteiger partial charge is 0.328 e. The standard InChI is InChI=1S/C6H9NO3/c1-5(8)7-4-2-3-6(9)10/h2-3H,4H2,1H3,(H,7,8)(H,9,10)/b3-2+. The minimum Gasteiger partial charge on any atom is -0.478 e. The Morgan fingerprint density at radius 3 is 2.60 bits per heavy atom. The SMILES string of the molecule is CC(=O)NC/C=C/C(=O)O. The molecule has 0 atom stereocenters. The van der Waals surface area contributed by atoms with Crippen molar-refractivity contribution in [2.75, 3.05) is 6.54 Å². The van der Waals surface area contributed by atoms with E-state index < -0.39 is 5.97 Å². The topological polar surface area (TPSA) is 66.4 Å². The van der Waals surface area contributed by atoms with Gasteiger partial charge in [-0.1, -0.05) is 6.08 Å². The van der Waals surface area contributed by atoms with Gasteiger partial charge >= 0.3 is 5.97 Å². The Labute approximate surface area is 58.5 Å². The van der Waals surface area contributed by atoms with Crippen molar-refractivity contribution in [2.24, 2.45) is 0 Å². The van der Waals surface area contributed by atoms with Gasteiger partial charge in [-0.05, 0) is 0 Å².